The lowest BCUT2D eigenvalue weighted by Gasteiger charge is -2.45. The number of hydrogen-bond donors (Lipinski definition) is 1. The highest BCUT2D eigenvalue weighted by Gasteiger charge is 2.39. The van der Waals surface area contributed by atoms with Gasteiger partial charge >= 0.3 is 0 Å². The monoisotopic (exact) mass is 266 g/mol. The molecule has 110 valence electrons. The molecule has 0 amide bonds. The molecule has 2 saturated heterocycles. The summed E-state index contributed by atoms with van der Waals surface area (Å²) in [5.41, 5.74) is 0.469. The van der Waals surface area contributed by atoms with E-state index in [0.717, 1.165) is 6.61 Å². The number of ether oxygens (including phenoxy) is 1. The fraction of sp³-hybridized carbons (Fsp3) is 1.00. The molecule has 0 aromatic heterocycles. The van der Waals surface area contributed by atoms with Crippen molar-refractivity contribution in [2.24, 2.45) is 0 Å². The van der Waals surface area contributed by atoms with Crippen LogP contribution >= 0.6 is 0 Å². The Labute approximate surface area is 118 Å². The molecule has 1 N–H and O–H groups in total. The van der Waals surface area contributed by atoms with Gasteiger partial charge in [-0.25, -0.2) is 0 Å². The molecular formula is C16H30N2O. The predicted octanol–water partition coefficient (Wildman–Crippen LogP) is 2.55. The fourth-order valence-electron chi connectivity index (χ4n) is 4.17. The van der Waals surface area contributed by atoms with E-state index in [2.05, 4.69) is 17.1 Å². The Hall–Kier alpha value is -0.120. The van der Waals surface area contributed by atoms with Crippen LogP contribution in [0.1, 0.15) is 58.3 Å². The highest BCUT2D eigenvalue weighted by molar-refractivity contribution is 5.00. The van der Waals surface area contributed by atoms with Gasteiger partial charge in [-0.3, -0.25) is 4.90 Å². The molecule has 3 heteroatoms. The summed E-state index contributed by atoms with van der Waals surface area (Å²) in [6.07, 6.45) is 11.3. The van der Waals surface area contributed by atoms with Crippen LogP contribution in [0.4, 0.5) is 0 Å². The van der Waals surface area contributed by atoms with Crippen molar-refractivity contribution in [3.63, 3.8) is 0 Å². The van der Waals surface area contributed by atoms with Gasteiger partial charge in [-0.15, -0.1) is 0 Å². The Bertz CT molecular complexity index is 282. The normalized spacial score (nSPS) is 35.2. The molecule has 19 heavy (non-hydrogen) atoms. The minimum atomic E-state index is 0.469. The summed E-state index contributed by atoms with van der Waals surface area (Å²) in [7, 11) is 0. The number of nitrogens with one attached hydrogen (secondary N) is 1. The number of hydrogen-bond acceptors (Lipinski definition) is 3. The smallest absolute Gasteiger partial charge is 0.0576 e. The van der Waals surface area contributed by atoms with E-state index in [4.69, 9.17) is 4.74 Å². The molecule has 3 aliphatic rings. The maximum absolute atomic E-state index is 5.73. The van der Waals surface area contributed by atoms with E-state index in [1.54, 1.807) is 0 Å². The summed E-state index contributed by atoms with van der Waals surface area (Å²) in [6, 6.07) is 0.704. The largest absolute Gasteiger partial charge is 0.378 e. The summed E-state index contributed by atoms with van der Waals surface area (Å²) >= 11 is 0. The first-order chi connectivity index (χ1) is 9.27. The average molecular weight is 266 g/mol. The van der Waals surface area contributed by atoms with Gasteiger partial charge in [-0.2, -0.15) is 0 Å². The second-order valence-corrected chi connectivity index (χ2v) is 6.97. The minimum Gasteiger partial charge on any atom is -0.378 e. The standard InChI is InChI=1S/C16H30N2O/c1-14-12-17-16(8-2-3-9-16)13-18(14)10-4-6-15-7-5-11-19-15/h14-15,17H,2-13H2,1H3. The van der Waals surface area contributed by atoms with E-state index >= 15 is 0 Å². The van der Waals surface area contributed by atoms with Crippen LogP contribution in [0, 0.1) is 0 Å². The first kappa shape index (κ1) is 13.8. The van der Waals surface area contributed by atoms with Crippen molar-refractivity contribution in [2.45, 2.75) is 76.0 Å². The van der Waals surface area contributed by atoms with Crippen molar-refractivity contribution in [1.82, 2.24) is 10.2 Å². The van der Waals surface area contributed by atoms with Crippen LogP contribution in [0.3, 0.4) is 0 Å². The van der Waals surface area contributed by atoms with Crippen LogP contribution in [-0.4, -0.2) is 48.8 Å². The Morgan fingerprint density at radius 3 is 2.84 bits per heavy atom. The molecule has 0 radical (unpaired) electrons. The number of nitrogens with zero attached hydrogens (tertiary/aromatic N) is 1. The van der Waals surface area contributed by atoms with Gasteiger partial charge in [0.15, 0.2) is 0 Å². The van der Waals surface area contributed by atoms with Gasteiger partial charge in [-0.1, -0.05) is 12.8 Å². The fourth-order valence-corrected chi connectivity index (χ4v) is 4.17. The Morgan fingerprint density at radius 1 is 1.26 bits per heavy atom. The third kappa shape index (κ3) is 3.32. The van der Waals surface area contributed by atoms with Crippen LogP contribution in [0.25, 0.3) is 0 Å². The molecule has 0 bridgehead atoms. The molecular weight excluding hydrogens is 236 g/mol. The number of rotatable bonds is 4. The summed E-state index contributed by atoms with van der Waals surface area (Å²) in [5.74, 6) is 0. The molecule has 3 nitrogen and oxygen atoms in total. The van der Waals surface area contributed by atoms with E-state index in [1.807, 2.05) is 0 Å². The molecule has 2 unspecified atom stereocenters. The van der Waals surface area contributed by atoms with Crippen molar-refractivity contribution < 1.29 is 4.74 Å². The topological polar surface area (TPSA) is 24.5 Å². The van der Waals surface area contributed by atoms with E-state index in [9.17, 15) is 0 Å². The van der Waals surface area contributed by atoms with Gasteiger partial charge in [0.25, 0.3) is 0 Å². The molecule has 1 spiro atoms. The van der Waals surface area contributed by atoms with E-state index in [-0.39, 0.29) is 0 Å². The Morgan fingerprint density at radius 2 is 2.11 bits per heavy atom. The molecule has 0 aromatic carbocycles. The second kappa shape index (κ2) is 6.11. The first-order valence-electron chi connectivity index (χ1n) is 8.38. The average Bonchev–Trinajstić information content (AvgIpc) is 3.06. The van der Waals surface area contributed by atoms with Crippen molar-refractivity contribution in [3.05, 3.63) is 0 Å². The molecule has 0 aromatic rings. The molecule has 2 heterocycles. The SMILES string of the molecule is CC1CNC2(CCCC2)CN1CCCC1CCCO1. The van der Waals surface area contributed by atoms with Gasteiger partial charge in [0.05, 0.1) is 6.10 Å². The summed E-state index contributed by atoms with van der Waals surface area (Å²) in [5, 5.41) is 3.84. The maximum Gasteiger partial charge on any atom is 0.0576 e. The zero-order valence-corrected chi connectivity index (χ0v) is 12.5. The van der Waals surface area contributed by atoms with Crippen molar-refractivity contribution in [2.75, 3.05) is 26.2 Å². The van der Waals surface area contributed by atoms with Crippen molar-refractivity contribution in [3.8, 4) is 0 Å². The van der Waals surface area contributed by atoms with Gasteiger partial charge in [0.1, 0.15) is 0 Å². The van der Waals surface area contributed by atoms with Crippen LogP contribution < -0.4 is 5.32 Å². The lowest BCUT2D eigenvalue weighted by Crippen LogP contribution is -2.62. The van der Waals surface area contributed by atoms with Crippen molar-refractivity contribution >= 4 is 0 Å². The lowest BCUT2D eigenvalue weighted by molar-refractivity contribution is 0.0723. The Kier molecular flexibility index (Phi) is 4.45. The second-order valence-electron chi connectivity index (χ2n) is 6.97. The summed E-state index contributed by atoms with van der Waals surface area (Å²) < 4.78 is 5.73. The van der Waals surface area contributed by atoms with E-state index < -0.39 is 0 Å². The predicted molar refractivity (Wildman–Crippen MR) is 78.4 cm³/mol. The van der Waals surface area contributed by atoms with Crippen LogP contribution in [0.15, 0.2) is 0 Å². The van der Waals surface area contributed by atoms with Crippen LogP contribution in [-0.2, 0) is 4.74 Å². The van der Waals surface area contributed by atoms with E-state index in [0.29, 0.717) is 17.7 Å². The zero-order valence-electron chi connectivity index (χ0n) is 12.5. The Balaban J connectivity index is 1.45. The van der Waals surface area contributed by atoms with Gasteiger partial charge < -0.3 is 10.1 Å². The number of piperazine rings is 1. The maximum atomic E-state index is 5.73. The third-order valence-electron chi connectivity index (χ3n) is 5.46. The quantitative estimate of drug-likeness (QED) is 0.846. The van der Waals surface area contributed by atoms with Gasteiger partial charge in [0.2, 0.25) is 0 Å². The molecule has 1 aliphatic carbocycles. The van der Waals surface area contributed by atoms with Crippen LogP contribution in [0.5, 0.6) is 0 Å². The van der Waals surface area contributed by atoms with Gasteiger partial charge in [-0.05, 0) is 52.0 Å². The molecule has 3 rings (SSSR count). The highest BCUT2D eigenvalue weighted by Crippen LogP contribution is 2.33. The van der Waals surface area contributed by atoms with Gasteiger partial charge in [0, 0.05) is 31.3 Å². The molecule has 2 atom stereocenters. The van der Waals surface area contributed by atoms with E-state index in [1.165, 1.54) is 71.0 Å². The summed E-state index contributed by atoms with van der Waals surface area (Å²) in [6.45, 7) is 7.10. The molecule has 1 saturated carbocycles. The molecule has 2 aliphatic heterocycles. The molecule has 3 fully saturated rings. The lowest BCUT2D eigenvalue weighted by atomic mass is 9.92. The zero-order chi connectivity index (χ0) is 13.1. The third-order valence-corrected chi connectivity index (χ3v) is 5.46. The summed E-state index contributed by atoms with van der Waals surface area (Å²) in [4.78, 5) is 2.73. The minimum absolute atomic E-state index is 0.469. The van der Waals surface area contributed by atoms with Crippen molar-refractivity contribution in [1.29, 1.82) is 0 Å². The highest BCUT2D eigenvalue weighted by atomic mass is 16.5. The van der Waals surface area contributed by atoms with Crippen LogP contribution in [0.2, 0.25) is 0 Å². The first-order valence-corrected chi connectivity index (χ1v) is 8.38.